The Hall–Kier alpha value is -1.05. The molecule has 88 valence electrons. The van der Waals surface area contributed by atoms with Crippen LogP contribution in [0.25, 0.3) is 0 Å². The first-order valence-electron chi connectivity index (χ1n) is 5.35. The minimum atomic E-state index is -0.717. The molecule has 0 bridgehead atoms. The smallest absolute Gasteiger partial charge is 0.171 e. The first kappa shape index (κ1) is 12.4. The van der Waals surface area contributed by atoms with E-state index in [4.69, 9.17) is 23.2 Å². The first-order valence-corrected chi connectivity index (χ1v) is 6.11. The predicted molar refractivity (Wildman–Crippen MR) is 71.6 cm³/mol. The van der Waals surface area contributed by atoms with Gasteiger partial charge >= 0.3 is 0 Å². The Balaban J connectivity index is 2.34. The van der Waals surface area contributed by atoms with Gasteiger partial charge in [0.25, 0.3) is 0 Å². The number of rotatable bonds is 2. The van der Waals surface area contributed by atoms with E-state index in [0.29, 0.717) is 10.6 Å². The monoisotopic (exact) mass is 266 g/mol. The molecule has 0 saturated carbocycles. The van der Waals surface area contributed by atoms with Crippen LogP contribution in [0.2, 0.25) is 0 Å². The highest BCUT2D eigenvalue weighted by molar-refractivity contribution is 6.33. The lowest BCUT2D eigenvalue weighted by Crippen LogP contribution is -2.33. The number of carbonyl (C=O) groups excluding carboxylic acids is 1. The second-order valence-electron chi connectivity index (χ2n) is 4.24. The van der Waals surface area contributed by atoms with Crippen molar-refractivity contribution in [1.82, 2.24) is 0 Å². The molecule has 1 aliphatic carbocycles. The SMILES string of the molecule is CC1(Cl)C=CC(Cl)=CC1C(=O)c1ccccc1. The van der Waals surface area contributed by atoms with E-state index in [9.17, 15) is 4.79 Å². The predicted octanol–water partition coefficient (Wildman–Crippen LogP) is 4.18. The van der Waals surface area contributed by atoms with Crippen molar-refractivity contribution >= 4 is 29.0 Å². The maximum atomic E-state index is 12.3. The third-order valence-electron chi connectivity index (χ3n) is 2.84. The van der Waals surface area contributed by atoms with Crippen molar-refractivity contribution in [3.05, 3.63) is 59.2 Å². The van der Waals surface area contributed by atoms with Gasteiger partial charge in [-0.2, -0.15) is 0 Å². The minimum absolute atomic E-state index is 0.00870. The molecule has 0 aromatic heterocycles. The fourth-order valence-electron chi connectivity index (χ4n) is 1.84. The summed E-state index contributed by atoms with van der Waals surface area (Å²) in [7, 11) is 0. The van der Waals surface area contributed by atoms with Gasteiger partial charge in [-0.3, -0.25) is 4.79 Å². The Morgan fingerprint density at radius 3 is 2.59 bits per heavy atom. The number of allylic oxidation sites excluding steroid dienone is 4. The molecule has 1 aromatic rings. The van der Waals surface area contributed by atoms with Gasteiger partial charge in [0.05, 0.1) is 10.8 Å². The van der Waals surface area contributed by atoms with Crippen LogP contribution in [0, 0.1) is 5.92 Å². The number of alkyl halides is 1. The quantitative estimate of drug-likeness (QED) is 0.580. The molecule has 0 amide bonds. The van der Waals surface area contributed by atoms with Gasteiger partial charge in [-0.15, -0.1) is 11.6 Å². The van der Waals surface area contributed by atoms with Gasteiger partial charge in [-0.1, -0.05) is 54.1 Å². The summed E-state index contributed by atoms with van der Waals surface area (Å²) in [5.74, 6) is -0.435. The van der Waals surface area contributed by atoms with Crippen molar-refractivity contribution in [3.8, 4) is 0 Å². The molecule has 0 spiro atoms. The highest BCUT2D eigenvalue weighted by Gasteiger charge is 2.36. The number of benzene rings is 1. The third-order valence-corrected chi connectivity index (χ3v) is 3.46. The normalized spacial score (nSPS) is 27.7. The van der Waals surface area contributed by atoms with Crippen LogP contribution in [0.3, 0.4) is 0 Å². The Labute approximate surface area is 111 Å². The molecule has 3 heteroatoms. The number of Topliss-reactive ketones (excluding diaryl/α,β-unsaturated/α-hetero) is 1. The van der Waals surface area contributed by atoms with Crippen molar-refractivity contribution in [2.45, 2.75) is 11.8 Å². The molecule has 2 atom stereocenters. The number of hydrogen-bond acceptors (Lipinski definition) is 1. The van der Waals surface area contributed by atoms with Gasteiger partial charge in [0.1, 0.15) is 0 Å². The average molecular weight is 267 g/mol. The van der Waals surface area contributed by atoms with Crippen LogP contribution in [0.5, 0.6) is 0 Å². The molecule has 0 saturated heterocycles. The van der Waals surface area contributed by atoms with E-state index in [1.807, 2.05) is 25.1 Å². The summed E-state index contributed by atoms with van der Waals surface area (Å²) in [5.41, 5.74) is 0.653. The van der Waals surface area contributed by atoms with Crippen LogP contribution < -0.4 is 0 Å². The largest absolute Gasteiger partial charge is 0.293 e. The fourth-order valence-corrected chi connectivity index (χ4v) is 2.25. The van der Waals surface area contributed by atoms with Crippen LogP contribution in [0.1, 0.15) is 17.3 Å². The number of hydrogen-bond donors (Lipinski definition) is 0. The highest BCUT2D eigenvalue weighted by atomic mass is 35.5. The molecule has 1 aromatic carbocycles. The van der Waals surface area contributed by atoms with Gasteiger partial charge in [-0.25, -0.2) is 0 Å². The van der Waals surface area contributed by atoms with Crippen molar-refractivity contribution in [2.24, 2.45) is 5.92 Å². The maximum absolute atomic E-state index is 12.3. The number of carbonyl (C=O) groups is 1. The molecular formula is C14H12Cl2O. The molecule has 17 heavy (non-hydrogen) atoms. The molecule has 0 fully saturated rings. The van der Waals surface area contributed by atoms with Crippen molar-refractivity contribution in [2.75, 3.05) is 0 Å². The van der Waals surface area contributed by atoms with Gasteiger partial charge < -0.3 is 0 Å². The lowest BCUT2D eigenvalue weighted by molar-refractivity contribution is 0.0932. The third kappa shape index (κ3) is 2.62. The Kier molecular flexibility index (Phi) is 3.41. The first-order chi connectivity index (χ1) is 8.00. The molecular weight excluding hydrogens is 255 g/mol. The molecule has 0 aliphatic heterocycles. The van der Waals surface area contributed by atoms with E-state index < -0.39 is 10.8 Å². The van der Waals surface area contributed by atoms with E-state index in [1.54, 1.807) is 30.4 Å². The highest BCUT2D eigenvalue weighted by Crippen LogP contribution is 2.36. The van der Waals surface area contributed by atoms with E-state index in [0.717, 1.165) is 0 Å². The summed E-state index contributed by atoms with van der Waals surface area (Å²) in [6, 6.07) is 9.12. The van der Waals surface area contributed by atoms with Crippen LogP contribution in [0.4, 0.5) is 0 Å². The van der Waals surface area contributed by atoms with Gasteiger partial charge in [0.15, 0.2) is 5.78 Å². The topological polar surface area (TPSA) is 17.1 Å². The zero-order valence-corrected chi connectivity index (χ0v) is 10.9. The zero-order valence-electron chi connectivity index (χ0n) is 9.36. The second kappa shape index (κ2) is 4.67. The summed E-state index contributed by atoms with van der Waals surface area (Å²) >= 11 is 12.3. The fraction of sp³-hybridized carbons (Fsp3) is 0.214. The van der Waals surface area contributed by atoms with Crippen LogP contribution in [-0.4, -0.2) is 10.7 Å². The van der Waals surface area contributed by atoms with E-state index in [2.05, 4.69) is 0 Å². The molecule has 0 heterocycles. The Bertz CT molecular complexity index is 486. The number of halogens is 2. The van der Waals surface area contributed by atoms with Crippen molar-refractivity contribution < 1.29 is 4.79 Å². The zero-order chi connectivity index (χ0) is 12.5. The average Bonchev–Trinajstić information content (AvgIpc) is 2.33. The summed E-state index contributed by atoms with van der Waals surface area (Å²) in [5, 5.41) is 0.553. The summed E-state index contributed by atoms with van der Waals surface area (Å²) in [6.07, 6.45) is 5.20. The van der Waals surface area contributed by atoms with E-state index in [-0.39, 0.29) is 5.78 Å². The molecule has 2 rings (SSSR count). The van der Waals surface area contributed by atoms with Crippen LogP contribution in [0.15, 0.2) is 53.6 Å². The van der Waals surface area contributed by atoms with Crippen LogP contribution in [-0.2, 0) is 0 Å². The molecule has 1 nitrogen and oxygen atoms in total. The van der Waals surface area contributed by atoms with Gasteiger partial charge in [0.2, 0.25) is 0 Å². The second-order valence-corrected chi connectivity index (χ2v) is 5.49. The Morgan fingerprint density at radius 2 is 1.94 bits per heavy atom. The maximum Gasteiger partial charge on any atom is 0.171 e. The lowest BCUT2D eigenvalue weighted by Gasteiger charge is -2.28. The minimum Gasteiger partial charge on any atom is -0.293 e. The molecule has 2 unspecified atom stereocenters. The molecule has 1 aliphatic rings. The summed E-state index contributed by atoms with van der Waals surface area (Å²) in [4.78, 5) is 11.6. The standard InChI is InChI=1S/C14H12Cl2O/c1-14(16)8-7-11(15)9-12(14)13(17)10-5-3-2-4-6-10/h2-9,12H,1H3. The van der Waals surface area contributed by atoms with Crippen molar-refractivity contribution in [1.29, 1.82) is 0 Å². The van der Waals surface area contributed by atoms with Crippen molar-refractivity contribution in [3.63, 3.8) is 0 Å². The van der Waals surface area contributed by atoms with E-state index >= 15 is 0 Å². The number of ketones is 1. The molecule has 0 radical (unpaired) electrons. The summed E-state index contributed by atoms with van der Waals surface area (Å²) < 4.78 is 0. The van der Waals surface area contributed by atoms with E-state index in [1.165, 1.54) is 0 Å². The van der Waals surface area contributed by atoms with Gasteiger partial charge in [-0.05, 0) is 13.0 Å². The lowest BCUT2D eigenvalue weighted by atomic mass is 9.83. The molecule has 0 N–H and O–H groups in total. The van der Waals surface area contributed by atoms with Crippen LogP contribution >= 0.6 is 23.2 Å². The Morgan fingerprint density at radius 1 is 1.29 bits per heavy atom. The summed E-state index contributed by atoms with van der Waals surface area (Å²) in [6.45, 7) is 1.82. The van der Waals surface area contributed by atoms with Gasteiger partial charge in [0, 0.05) is 10.6 Å².